The third-order valence-corrected chi connectivity index (χ3v) is 3.49. The maximum absolute atomic E-state index is 12.5. The second-order valence-electron chi connectivity index (χ2n) is 5.58. The fourth-order valence-electron chi connectivity index (χ4n) is 2.40. The van der Waals surface area contributed by atoms with Crippen molar-refractivity contribution < 1.29 is 19.5 Å². The van der Waals surface area contributed by atoms with Gasteiger partial charge in [-0.1, -0.05) is 13.8 Å². The van der Waals surface area contributed by atoms with E-state index in [-0.39, 0.29) is 18.4 Å². The Hall–Kier alpha value is -1.83. The number of aliphatic carboxylic acids is 1. The number of amides is 3. The van der Waals surface area contributed by atoms with Gasteiger partial charge in [0.2, 0.25) is 5.91 Å². The van der Waals surface area contributed by atoms with Crippen molar-refractivity contribution in [1.29, 1.82) is 0 Å². The minimum atomic E-state index is -0.870. The van der Waals surface area contributed by atoms with Gasteiger partial charge in [-0.15, -0.1) is 0 Å². The first-order chi connectivity index (χ1) is 9.81. The van der Waals surface area contributed by atoms with Gasteiger partial charge in [-0.3, -0.25) is 14.5 Å². The molecule has 0 aromatic rings. The van der Waals surface area contributed by atoms with Crippen LogP contribution in [0.15, 0.2) is 0 Å². The molecule has 0 bridgehead atoms. The van der Waals surface area contributed by atoms with E-state index in [1.165, 1.54) is 0 Å². The first-order valence-corrected chi connectivity index (χ1v) is 7.10. The van der Waals surface area contributed by atoms with Gasteiger partial charge in [0.15, 0.2) is 0 Å². The molecule has 0 spiro atoms. The van der Waals surface area contributed by atoms with Gasteiger partial charge in [-0.2, -0.15) is 0 Å². The van der Waals surface area contributed by atoms with Crippen LogP contribution >= 0.6 is 0 Å². The van der Waals surface area contributed by atoms with Crippen LogP contribution in [0.5, 0.6) is 0 Å². The largest absolute Gasteiger partial charge is 0.480 e. The summed E-state index contributed by atoms with van der Waals surface area (Å²) in [5.74, 6) is -1.10. The van der Waals surface area contributed by atoms with Crippen molar-refractivity contribution in [3.05, 3.63) is 0 Å². The van der Waals surface area contributed by atoms with Gasteiger partial charge in [0, 0.05) is 26.2 Å². The van der Waals surface area contributed by atoms with Crippen molar-refractivity contribution in [2.75, 3.05) is 32.7 Å². The van der Waals surface area contributed by atoms with E-state index in [0.29, 0.717) is 32.6 Å². The molecular weight excluding hydrogens is 276 g/mol. The monoisotopic (exact) mass is 300 g/mol. The van der Waals surface area contributed by atoms with Crippen molar-refractivity contribution >= 4 is 17.9 Å². The van der Waals surface area contributed by atoms with Crippen molar-refractivity contribution in [3.63, 3.8) is 0 Å². The minimum Gasteiger partial charge on any atom is -0.480 e. The minimum absolute atomic E-state index is 0.0187. The van der Waals surface area contributed by atoms with E-state index in [9.17, 15) is 14.4 Å². The molecule has 21 heavy (non-hydrogen) atoms. The lowest BCUT2D eigenvalue weighted by Crippen LogP contribution is -2.53. The third-order valence-electron chi connectivity index (χ3n) is 3.49. The number of hydrogen-bond acceptors (Lipinski definition) is 4. The Morgan fingerprint density at radius 3 is 2.38 bits per heavy atom. The number of nitrogens with one attached hydrogen (secondary N) is 1. The predicted octanol–water partition coefficient (Wildman–Crippen LogP) is -0.702. The highest BCUT2D eigenvalue weighted by Gasteiger charge is 2.29. The Labute approximate surface area is 124 Å². The number of hydrogen-bond donors (Lipinski definition) is 3. The highest BCUT2D eigenvalue weighted by molar-refractivity contribution is 5.86. The molecule has 0 aromatic heterocycles. The first-order valence-electron chi connectivity index (χ1n) is 7.10. The molecule has 0 aromatic carbocycles. The molecule has 0 radical (unpaired) electrons. The molecule has 120 valence electrons. The summed E-state index contributed by atoms with van der Waals surface area (Å²) in [7, 11) is 0. The zero-order valence-electron chi connectivity index (χ0n) is 12.5. The van der Waals surface area contributed by atoms with Gasteiger partial charge >= 0.3 is 12.0 Å². The molecule has 1 rings (SSSR count). The number of urea groups is 1. The normalized spacial score (nSPS) is 18.1. The van der Waals surface area contributed by atoms with Gasteiger partial charge in [0.25, 0.3) is 0 Å². The fourth-order valence-corrected chi connectivity index (χ4v) is 2.40. The number of carboxylic acid groups (broad SMARTS) is 1. The Morgan fingerprint density at radius 2 is 1.86 bits per heavy atom. The van der Waals surface area contributed by atoms with Gasteiger partial charge in [-0.25, -0.2) is 4.79 Å². The smallest absolute Gasteiger partial charge is 0.317 e. The summed E-state index contributed by atoms with van der Waals surface area (Å²) in [5.41, 5.74) is 5.11. The molecule has 0 saturated carbocycles. The molecule has 8 heteroatoms. The number of primary amides is 1. The lowest BCUT2D eigenvalue weighted by atomic mass is 10.0. The maximum atomic E-state index is 12.5. The highest BCUT2D eigenvalue weighted by atomic mass is 16.4. The van der Waals surface area contributed by atoms with E-state index >= 15 is 0 Å². The average molecular weight is 300 g/mol. The van der Waals surface area contributed by atoms with Crippen molar-refractivity contribution in [1.82, 2.24) is 15.1 Å². The summed E-state index contributed by atoms with van der Waals surface area (Å²) in [6, 6.07) is -1.36. The van der Waals surface area contributed by atoms with Crippen LogP contribution in [0.25, 0.3) is 0 Å². The van der Waals surface area contributed by atoms with Crippen LogP contribution in [-0.2, 0) is 9.59 Å². The maximum Gasteiger partial charge on any atom is 0.317 e. The van der Waals surface area contributed by atoms with Gasteiger partial charge < -0.3 is 21.1 Å². The zero-order chi connectivity index (χ0) is 16.0. The van der Waals surface area contributed by atoms with Crippen LogP contribution in [0.1, 0.15) is 20.3 Å². The number of nitrogens with two attached hydrogens (primary N) is 1. The van der Waals surface area contributed by atoms with E-state index < -0.39 is 18.0 Å². The van der Waals surface area contributed by atoms with Crippen LogP contribution in [0.3, 0.4) is 0 Å². The summed E-state index contributed by atoms with van der Waals surface area (Å²) >= 11 is 0. The van der Waals surface area contributed by atoms with Crippen LogP contribution < -0.4 is 11.1 Å². The third kappa shape index (κ3) is 5.58. The highest BCUT2D eigenvalue weighted by Crippen LogP contribution is 2.10. The molecule has 4 N–H and O–H groups in total. The number of carbonyl (C=O) groups is 3. The Balaban J connectivity index is 2.64. The number of carbonyl (C=O) groups excluding carboxylic acids is 2. The quantitative estimate of drug-likeness (QED) is 0.621. The molecule has 1 aliphatic heterocycles. The van der Waals surface area contributed by atoms with E-state index in [1.54, 1.807) is 4.90 Å². The second-order valence-corrected chi connectivity index (χ2v) is 5.58. The van der Waals surface area contributed by atoms with E-state index in [4.69, 9.17) is 10.8 Å². The molecule has 1 unspecified atom stereocenters. The molecule has 1 atom stereocenters. The zero-order valence-corrected chi connectivity index (χ0v) is 12.5. The lowest BCUT2D eigenvalue weighted by molar-refractivity contribution is -0.138. The van der Waals surface area contributed by atoms with E-state index in [2.05, 4.69) is 5.32 Å². The number of carboxylic acids is 1. The van der Waals surface area contributed by atoms with E-state index in [0.717, 1.165) is 0 Å². The second kappa shape index (κ2) is 7.82. The lowest BCUT2D eigenvalue weighted by Gasteiger charge is -2.28. The van der Waals surface area contributed by atoms with Crippen molar-refractivity contribution in [3.8, 4) is 0 Å². The Kier molecular flexibility index (Phi) is 6.41. The van der Waals surface area contributed by atoms with Crippen molar-refractivity contribution in [2.24, 2.45) is 11.7 Å². The predicted molar refractivity (Wildman–Crippen MR) is 76.6 cm³/mol. The van der Waals surface area contributed by atoms with Crippen LogP contribution in [0.4, 0.5) is 4.79 Å². The topological polar surface area (TPSA) is 116 Å². The average Bonchev–Trinajstić information content (AvgIpc) is 2.59. The van der Waals surface area contributed by atoms with Crippen molar-refractivity contribution in [2.45, 2.75) is 26.3 Å². The summed E-state index contributed by atoms with van der Waals surface area (Å²) in [6.45, 7) is 5.83. The fraction of sp³-hybridized carbons (Fsp3) is 0.769. The van der Waals surface area contributed by atoms with Gasteiger partial charge in [-0.05, 0) is 12.3 Å². The number of nitrogens with zero attached hydrogens (tertiary/aromatic N) is 2. The standard InChI is InChI=1S/C13H24N4O4/c1-9(2)11(15-13(14)21)12(20)17-5-3-4-16(6-7-17)8-10(18)19/h9,11H,3-8H2,1-2H3,(H,18,19)(H3,14,15,21). The summed E-state index contributed by atoms with van der Waals surface area (Å²) in [5, 5.41) is 11.3. The molecular formula is C13H24N4O4. The first kappa shape index (κ1) is 17.2. The Bertz CT molecular complexity index is 400. The van der Waals surface area contributed by atoms with Crippen LogP contribution in [0.2, 0.25) is 0 Å². The van der Waals surface area contributed by atoms with Gasteiger partial charge in [0.05, 0.1) is 6.54 Å². The molecule has 3 amide bonds. The molecule has 1 fully saturated rings. The summed E-state index contributed by atoms with van der Waals surface area (Å²) in [4.78, 5) is 37.7. The molecule has 1 saturated heterocycles. The molecule has 1 heterocycles. The summed E-state index contributed by atoms with van der Waals surface area (Å²) in [6.07, 6.45) is 0.709. The molecule has 0 aliphatic carbocycles. The molecule has 1 aliphatic rings. The van der Waals surface area contributed by atoms with Crippen LogP contribution in [0, 0.1) is 5.92 Å². The Morgan fingerprint density at radius 1 is 1.19 bits per heavy atom. The molecule has 8 nitrogen and oxygen atoms in total. The van der Waals surface area contributed by atoms with E-state index in [1.807, 2.05) is 18.7 Å². The summed E-state index contributed by atoms with van der Waals surface area (Å²) < 4.78 is 0. The number of rotatable bonds is 5. The van der Waals surface area contributed by atoms with Gasteiger partial charge in [0.1, 0.15) is 6.04 Å². The van der Waals surface area contributed by atoms with Crippen LogP contribution in [-0.4, -0.2) is 71.6 Å². The SMILES string of the molecule is CC(C)C(NC(N)=O)C(=O)N1CCCN(CC(=O)O)CC1.